The minimum atomic E-state index is -0.192. The first-order chi connectivity index (χ1) is 14.5. The standard InChI is InChI=1S/C21H24ClN5O2S/c1-14-19(15(2)27(25-14)11-16-5-3-4-6-18(16)22)20(28)24-21-23-17(13-30-21)12-26-7-9-29-10-8-26/h3-6,13H,7-12H2,1-2H3,(H,23,24,28). The van der Waals surface area contributed by atoms with Crippen LogP contribution in [0.25, 0.3) is 0 Å². The van der Waals surface area contributed by atoms with Gasteiger partial charge in [-0.25, -0.2) is 4.98 Å². The summed E-state index contributed by atoms with van der Waals surface area (Å²) in [5.41, 5.74) is 3.98. The van der Waals surface area contributed by atoms with Crippen molar-refractivity contribution in [1.82, 2.24) is 19.7 Å². The van der Waals surface area contributed by atoms with Crippen LogP contribution in [0.5, 0.6) is 0 Å². The zero-order valence-corrected chi connectivity index (χ0v) is 18.6. The summed E-state index contributed by atoms with van der Waals surface area (Å²) in [6.45, 7) is 8.34. The summed E-state index contributed by atoms with van der Waals surface area (Å²) in [5, 5.41) is 10.8. The summed E-state index contributed by atoms with van der Waals surface area (Å²) >= 11 is 7.72. The van der Waals surface area contributed by atoms with Crippen molar-refractivity contribution in [3.05, 3.63) is 62.9 Å². The van der Waals surface area contributed by atoms with Crippen molar-refractivity contribution >= 4 is 34.0 Å². The molecule has 2 aromatic heterocycles. The lowest BCUT2D eigenvalue weighted by molar-refractivity contribution is 0.0337. The van der Waals surface area contributed by atoms with Crippen molar-refractivity contribution < 1.29 is 9.53 Å². The molecule has 9 heteroatoms. The Bertz CT molecular complexity index is 1040. The van der Waals surface area contributed by atoms with Crippen LogP contribution in [0.1, 0.15) is 33.0 Å². The molecule has 1 aromatic carbocycles. The van der Waals surface area contributed by atoms with Crippen LogP contribution in [0.3, 0.4) is 0 Å². The molecule has 7 nitrogen and oxygen atoms in total. The largest absolute Gasteiger partial charge is 0.379 e. The van der Waals surface area contributed by atoms with Crippen molar-refractivity contribution in [2.75, 3.05) is 31.6 Å². The topological polar surface area (TPSA) is 72.3 Å². The number of aryl methyl sites for hydroxylation is 1. The van der Waals surface area contributed by atoms with Gasteiger partial charge in [0.15, 0.2) is 5.13 Å². The van der Waals surface area contributed by atoms with Crippen LogP contribution in [-0.4, -0.2) is 51.9 Å². The number of anilines is 1. The maximum absolute atomic E-state index is 12.9. The highest BCUT2D eigenvalue weighted by Gasteiger charge is 2.20. The molecule has 1 saturated heterocycles. The van der Waals surface area contributed by atoms with Crippen LogP contribution < -0.4 is 5.32 Å². The number of hydrogen-bond donors (Lipinski definition) is 1. The van der Waals surface area contributed by atoms with Gasteiger partial charge in [0.2, 0.25) is 0 Å². The Morgan fingerprint density at radius 2 is 2.00 bits per heavy atom. The van der Waals surface area contributed by atoms with E-state index >= 15 is 0 Å². The van der Waals surface area contributed by atoms with Gasteiger partial charge in [-0.15, -0.1) is 11.3 Å². The van der Waals surface area contributed by atoms with E-state index in [9.17, 15) is 4.79 Å². The van der Waals surface area contributed by atoms with Crippen LogP contribution >= 0.6 is 22.9 Å². The van der Waals surface area contributed by atoms with Crippen LogP contribution in [0, 0.1) is 13.8 Å². The summed E-state index contributed by atoms with van der Waals surface area (Å²) in [6.07, 6.45) is 0. The van der Waals surface area contributed by atoms with Gasteiger partial charge in [-0.05, 0) is 25.5 Å². The van der Waals surface area contributed by atoms with E-state index in [1.807, 2.05) is 48.2 Å². The smallest absolute Gasteiger partial charge is 0.261 e. The Kier molecular flexibility index (Phi) is 6.48. The second kappa shape index (κ2) is 9.26. The second-order valence-corrected chi connectivity index (χ2v) is 8.55. The van der Waals surface area contributed by atoms with E-state index in [-0.39, 0.29) is 5.91 Å². The molecule has 3 aromatic rings. The number of morpholine rings is 1. The number of amides is 1. The third kappa shape index (κ3) is 4.73. The number of benzene rings is 1. The van der Waals surface area contributed by atoms with Gasteiger partial charge in [-0.1, -0.05) is 29.8 Å². The summed E-state index contributed by atoms with van der Waals surface area (Å²) in [4.78, 5) is 19.8. The van der Waals surface area contributed by atoms with Crippen LogP contribution in [0.15, 0.2) is 29.6 Å². The SMILES string of the molecule is Cc1nn(Cc2ccccc2Cl)c(C)c1C(=O)Nc1nc(CN2CCOCC2)cs1. The normalized spacial score (nSPS) is 14.8. The number of nitrogens with one attached hydrogen (secondary N) is 1. The summed E-state index contributed by atoms with van der Waals surface area (Å²) in [7, 11) is 0. The first-order valence-electron chi connectivity index (χ1n) is 9.84. The molecular formula is C21H24ClN5O2S. The van der Waals surface area contributed by atoms with Crippen LogP contribution in [0.4, 0.5) is 5.13 Å². The van der Waals surface area contributed by atoms with Crippen molar-refractivity contribution in [3.63, 3.8) is 0 Å². The van der Waals surface area contributed by atoms with Gasteiger partial charge in [-0.2, -0.15) is 5.10 Å². The molecule has 4 rings (SSSR count). The van der Waals surface area contributed by atoms with E-state index < -0.39 is 0 Å². The molecule has 0 atom stereocenters. The lowest BCUT2D eigenvalue weighted by Gasteiger charge is -2.25. The number of carbonyl (C=O) groups excluding carboxylic acids is 1. The highest BCUT2D eigenvalue weighted by Crippen LogP contribution is 2.22. The first kappa shape index (κ1) is 21.0. The van der Waals surface area contributed by atoms with Gasteiger partial charge in [0, 0.05) is 35.7 Å². The third-order valence-electron chi connectivity index (χ3n) is 5.15. The molecule has 158 valence electrons. The number of rotatable bonds is 6. The molecule has 0 saturated carbocycles. The molecule has 1 aliphatic heterocycles. The fourth-order valence-electron chi connectivity index (χ4n) is 3.55. The van der Waals surface area contributed by atoms with E-state index in [0.29, 0.717) is 28.0 Å². The van der Waals surface area contributed by atoms with E-state index in [0.717, 1.165) is 49.8 Å². The number of halogens is 1. The number of thiazole rings is 1. The Morgan fingerprint density at radius 1 is 1.23 bits per heavy atom. The van der Waals surface area contributed by atoms with Gasteiger partial charge in [-0.3, -0.25) is 19.7 Å². The molecule has 0 radical (unpaired) electrons. The molecule has 0 bridgehead atoms. The molecular weight excluding hydrogens is 422 g/mol. The number of carbonyl (C=O) groups is 1. The lowest BCUT2D eigenvalue weighted by atomic mass is 10.2. The highest BCUT2D eigenvalue weighted by molar-refractivity contribution is 7.14. The zero-order chi connectivity index (χ0) is 21.1. The van der Waals surface area contributed by atoms with Crippen molar-refractivity contribution in [2.24, 2.45) is 0 Å². The Hall–Kier alpha value is -2.26. The average molecular weight is 446 g/mol. The van der Waals surface area contributed by atoms with E-state index in [1.165, 1.54) is 11.3 Å². The molecule has 1 amide bonds. The number of ether oxygens (including phenoxy) is 1. The van der Waals surface area contributed by atoms with Crippen LogP contribution in [0.2, 0.25) is 5.02 Å². The number of nitrogens with zero attached hydrogens (tertiary/aromatic N) is 4. The molecule has 0 aliphatic carbocycles. The fraction of sp³-hybridized carbons (Fsp3) is 0.381. The van der Waals surface area contributed by atoms with Crippen LogP contribution in [-0.2, 0) is 17.8 Å². The summed E-state index contributed by atoms with van der Waals surface area (Å²) in [5.74, 6) is -0.192. The van der Waals surface area contributed by atoms with E-state index in [2.05, 4.69) is 20.3 Å². The summed E-state index contributed by atoms with van der Waals surface area (Å²) < 4.78 is 7.20. The quantitative estimate of drug-likeness (QED) is 0.625. The minimum Gasteiger partial charge on any atom is -0.379 e. The average Bonchev–Trinajstić information content (AvgIpc) is 3.27. The molecule has 1 fully saturated rings. The predicted octanol–water partition coefficient (Wildman–Crippen LogP) is 3.74. The molecule has 30 heavy (non-hydrogen) atoms. The monoisotopic (exact) mass is 445 g/mol. The Labute approximate surface area is 184 Å². The summed E-state index contributed by atoms with van der Waals surface area (Å²) in [6, 6.07) is 7.65. The maximum Gasteiger partial charge on any atom is 0.261 e. The number of aromatic nitrogens is 3. The van der Waals surface area contributed by atoms with Gasteiger partial charge in [0.1, 0.15) is 0 Å². The zero-order valence-electron chi connectivity index (χ0n) is 17.0. The van der Waals surface area contributed by atoms with Crippen molar-refractivity contribution in [3.8, 4) is 0 Å². The molecule has 0 spiro atoms. The highest BCUT2D eigenvalue weighted by atomic mass is 35.5. The minimum absolute atomic E-state index is 0.192. The van der Waals surface area contributed by atoms with Crippen molar-refractivity contribution in [1.29, 1.82) is 0 Å². The van der Waals surface area contributed by atoms with Gasteiger partial charge < -0.3 is 4.74 Å². The van der Waals surface area contributed by atoms with E-state index in [4.69, 9.17) is 16.3 Å². The maximum atomic E-state index is 12.9. The predicted molar refractivity (Wildman–Crippen MR) is 118 cm³/mol. The lowest BCUT2D eigenvalue weighted by Crippen LogP contribution is -2.35. The van der Waals surface area contributed by atoms with Crippen molar-refractivity contribution in [2.45, 2.75) is 26.9 Å². The molecule has 1 N–H and O–H groups in total. The fourth-order valence-corrected chi connectivity index (χ4v) is 4.44. The van der Waals surface area contributed by atoms with Gasteiger partial charge in [0.05, 0.1) is 36.7 Å². The molecule has 0 unspecified atom stereocenters. The number of hydrogen-bond acceptors (Lipinski definition) is 6. The van der Waals surface area contributed by atoms with Gasteiger partial charge >= 0.3 is 0 Å². The molecule has 1 aliphatic rings. The third-order valence-corrected chi connectivity index (χ3v) is 6.32. The molecule has 3 heterocycles. The Morgan fingerprint density at radius 3 is 2.77 bits per heavy atom. The Balaban J connectivity index is 1.45. The first-order valence-corrected chi connectivity index (χ1v) is 11.1. The second-order valence-electron chi connectivity index (χ2n) is 7.28. The van der Waals surface area contributed by atoms with E-state index in [1.54, 1.807) is 0 Å². The van der Waals surface area contributed by atoms with Gasteiger partial charge in [0.25, 0.3) is 5.91 Å².